The minimum atomic E-state index is -3.77. The number of nitrogens with two attached hydrogens (primary N) is 1. The number of fused-ring (bicyclic) bond motifs is 1. The van der Waals surface area contributed by atoms with Gasteiger partial charge >= 0.3 is 6.03 Å². The van der Waals surface area contributed by atoms with Crippen LogP contribution in [0.2, 0.25) is 0 Å². The molecular formula is C16H16FN3O3S2. The van der Waals surface area contributed by atoms with Gasteiger partial charge in [0.2, 0.25) is 10.0 Å². The van der Waals surface area contributed by atoms with Crippen LogP contribution >= 0.6 is 11.8 Å². The number of anilines is 1. The largest absolute Gasteiger partial charge is 0.331 e. The van der Waals surface area contributed by atoms with E-state index in [2.05, 4.69) is 10.6 Å². The molecule has 1 aliphatic heterocycles. The van der Waals surface area contributed by atoms with Crippen LogP contribution in [0.3, 0.4) is 0 Å². The van der Waals surface area contributed by atoms with Gasteiger partial charge in [0.1, 0.15) is 5.82 Å². The Morgan fingerprint density at radius 2 is 1.92 bits per heavy atom. The van der Waals surface area contributed by atoms with E-state index in [9.17, 15) is 17.6 Å². The van der Waals surface area contributed by atoms with Gasteiger partial charge in [-0.15, -0.1) is 11.8 Å². The smallest absolute Gasteiger partial charge is 0.319 e. The first kappa shape index (κ1) is 17.7. The standard InChI is InChI=1S/C16H16FN3O3S2/c17-10-1-6-15-13(9-10)14(7-8-24-15)20-16(21)19-11-2-4-12(5-3-11)25(18,22)23/h1-6,9,14H,7-8H2,(H2,18,22,23)(H2,19,20,21)/t14-/m1/s1. The molecule has 0 bridgehead atoms. The zero-order valence-electron chi connectivity index (χ0n) is 13.0. The molecule has 4 N–H and O–H groups in total. The summed E-state index contributed by atoms with van der Waals surface area (Å²) < 4.78 is 35.9. The fraction of sp³-hybridized carbons (Fsp3) is 0.188. The van der Waals surface area contributed by atoms with E-state index in [0.717, 1.165) is 16.2 Å². The van der Waals surface area contributed by atoms with Crippen LogP contribution in [0.4, 0.5) is 14.9 Å². The highest BCUT2D eigenvalue weighted by Crippen LogP contribution is 2.36. The van der Waals surface area contributed by atoms with Crippen molar-refractivity contribution in [1.82, 2.24) is 5.32 Å². The van der Waals surface area contributed by atoms with E-state index in [0.29, 0.717) is 12.1 Å². The molecule has 0 unspecified atom stereocenters. The quantitative estimate of drug-likeness (QED) is 0.761. The highest BCUT2D eigenvalue weighted by molar-refractivity contribution is 7.99. The van der Waals surface area contributed by atoms with E-state index in [1.165, 1.54) is 36.4 Å². The van der Waals surface area contributed by atoms with Gasteiger partial charge in [0.25, 0.3) is 0 Å². The molecule has 2 aromatic rings. The second-order valence-corrected chi connectivity index (χ2v) is 8.24. The van der Waals surface area contributed by atoms with Gasteiger partial charge in [-0.3, -0.25) is 0 Å². The minimum absolute atomic E-state index is 0.0350. The summed E-state index contributed by atoms with van der Waals surface area (Å²) >= 11 is 1.63. The first-order valence-corrected chi connectivity index (χ1v) is 9.99. The van der Waals surface area contributed by atoms with Crippen molar-refractivity contribution in [2.45, 2.75) is 22.3 Å². The number of sulfonamides is 1. The molecule has 0 radical (unpaired) electrons. The van der Waals surface area contributed by atoms with Crippen molar-refractivity contribution < 1.29 is 17.6 Å². The number of benzene rings is 2. The maximum Gasteiger partial charge on any atom is 0.319 e. The van der Waals surface area contributed by atoms with E-state index in [4.69, 9.17) is 5.14 Å². The number of primary sulfonamides is 1. The van der Waals surface area contributed by atoms with Gasteiger partial charge in [-0.2, -0.15) is 0 Å². The number of rotatable bonds is 3. The Bertz CT molecular complexity index is 901. The first-order valence-electron chi connectivity index (χ1n) is 7.45. The molecule has 0 fully saturated rings. The van der Waals surface area contributed by atoms with E-state index >= 15 is 0 Å². The first-order chi connectivity index (χ1) is 11.8. The Hall–Kier alpha value is -2.10. The number of nitrogens with one attached hydrogen (secondary N) is 2. The molecule has 1 aliphatic rings. The highest BCUT2D eigenvalue weighted by Gasteiger charge is 2.23. The molecular weight excluding hydrogens is 365 g/mol. The van der Waals surface area contributed by atoms with Crippen LogP contribution in [0, 0.1) is 5.82 Å². The summed E-state index contributed by atoms with van der Waals surface area (Å²) in [4.78, 5) is 13.1. The lowest BCUT2D eigenvalue weighted by molar-refractivity contribution is 0.248. The highest BCUT2D eigenvalue weighted by atomic mass is 32.2. The molecule has 132 valence electrons. The van der Waals surface area contributed by atoms with Gasteiger partial charge in [0.15, 0.2) is 0 Å². The molecule has 0 aromatic heterocycles. The summed E-state index contributed by atoms with van der Waals surface area (Å²) in [5.74, 6) is 0.485. The average molecular weight is 381 g/mol. The predicted molar refractivity (Wildman–Crippen MR) is 94.5 cm³/mol. The van der Waals surface area contributed by atoms with Gasteiger partial charge in [-0.25, -0.2) is 22.7 Å². The normalized spacial score (nSPS) is 16.8. The van der Waals surface area contributed by atoms with E-state index in [1.54, 1.807) is 17.8 Å². The third-order valence-corrected chi connectivity index (χ3v) is 5.81. The summed E-state index contributed by atoms with van der Waals surface area (Å²) in [5, 5.41) is 10.5. The molecule has 0 spiro atoms. The SMILES string of the molecule is NS(=O)(=O)c1ccc(NC(=O)N[C@@H]2CCSc3ccc(F)cc32)cc1. The Labute approximate surface area is 149 Å². The monoisotopic (exact) mass is 381 g/mol. The molecule has 0 saturated heterocycles. The number of urea groups is 1. The molecule has 1 atom stereocenters. The summed E-state index contributed by atoms with van der Waals surface area (Å²) in [5.41, 5.74) is 1.19. The zero-order valence-corrected chi connectivity index (χ0v) is 14.7. The lowest BCUT2D eigenvalue weighted by atomic mass is 10.0. The van der Waals surface area contributed by atoms with Gasteiger partial charge in [-0.05, 0) is 54.4 Å². The second kappa shape index (κ2) is 7.03. The third kappa shape index (κ3) is 4.30. The average Bonchev–Trinajstić information content (AvgIpc) is 2.55. The number of hydrogen-bond donors (Lipinski definition) is 3. The van der Waals surface area contributed by atoms with Gasteiger partial charge < -0.3 is 10.6 Å². The van der Waals surface area contributed by atoms with Crippen LogP contribution in [-0.4, -0.2) is 20.2 Å². The lowest BCUT2D eigenvalue weighted by Crippen LogP contribution is -2.34. The van der Waals surface area contributed by atoms with Gasteiger partial charge in [0, 0.05) is 16.3 Å². The molecule has 3 rings (SSSR count). The summed E-state index contributed by atoms with van der Waals surface area (Å²) in [6.45, 7) is 0. The third-order valence-electron chi connectivity index (χ3n) is 3.76. The van der Waals surface area contributed by atoms with E-state index in [1.807, 2.05) is 0 Å². The van der Waals surface area contributed by atoms with Crippen molar-refractivity contribution in [2.75, 3.05) is 11.1 Å². The molecule has 2 aromatic carbocycles. The Kier molecular flexibility index (Phi) is 4.98. The number of amides is 2. The number of hydrogen-bond acceptors (Lipinski definition) is 4. The summed E-state index contributed by atoms with van der Waals surface area (Å²) in [6, 6.07) is 9.35. The maximum atomic E-state index is 13.5. The van der Waals surface area contributed by atoms with Crippen LogP contribution in [-0.2, 0) is 10.0 Å². The molecule has 6 nitrogen and oxygen atoms in total. The van der Waals surface area contributed by atoms with Crippen LogP contribution in [0.1, 0.15) is 18.0 Å². The van der Waals surface area contributed by atoms with Crippen LogP contribution in [0.5, 0.6) is 0 Å². The number of halogens is 1. The summed E-state index contributed by atoms with van der Waals surface area (Å²) in [6.07, 6.45) is 0.693. The van der Waals surface area contributed by atoms with Crippen molar-refractivity contribution in [3.8, 4) is 0 Å². The fourth-order valence-electron chi connectivity index (χ4n) is 2.57. The van der Waals surface area contributed by atoms with Gasteiger partial charge in [0.05, 0.1) is 10.9 Å². The second-order valence-electron chi connectivity index (χ2n) is 5.54. The van der Waals surface area contributed by atoms with Crippen molar-refractivity contribution in [2.24, 2.45) is 5.14 Å². The van der Waals surface area contributed by atoms with Crippen molar-refractivity contribution >= 4 is 33.5 Å². The summed E-state index contributed by atoms with van der Waals surface area (Å²) in [7, 11) is -3.77. The zero-order chi connectivity index (χ0) is 18.0. The number of carbonyl (C=O) groups is 1. The molecule has 2 amide bonds. The fourth-order valence-corrected chi connectivity index (χ4v) is 4.19. The molecule has 0 aliphatic carbocycles. The lowest BCUT2D eigenvalue weighted by Gasteiger charge is -2.26. The van der Waals surface area contributed by atoms with Crippen LogP contribution in [0.15, 0.2) is 52.3 Å². The molecule has 0 saturated carbocycles. The van der Waals surface area contributed by atoms with Crippen LogP contribution in [0.25, 0.3) is 0 Å². The van der Waals surface area contributed by atoms with Crippen LogP contribution < -0.4 is 15.8 Å². The van der Waals surface area contributed by atoms with Crippen molar-refractivity contribution in [3.63, 3.8) is 0 Å². The molecule has 9 heteroatoms. The number of thioether (sulfide) groups is 1. The predicted octanol–water partition coefficient (Wildman–Crippen LogP) is 2.83. The minimum Gasteiger partial charge on any atom is -0.331 e. The number of carbonyl (C=O) groups excluding carboxylic acids is 1. The van der Waals surface area contributed by atoms with E-state index < -0.39 is 16.1 Å². The Morgan fingerprint density at radius 3 is 2.60 bits per heavy atom. The maximum absolute atomic E-state index is 13.5. The van der Waals surface area contributed by atoms with E-state index in [-0.39, 0.29) is 16.8 Å². The van der Waals surface area contributed by atoms with Crippen molar-refractivity contribution in [1.29, 1.82) is 0 Å². The Morgan fingerprint density at radius 1 is 1.20 bits per heavy atom. The Balaban J connectivity index is 1.69. The van der Waals surface area contributed by atoms with Gasteiger partial charge in [-0.1, -0.05) is 0 Å². The van der Waals surface area contributed by atoms with Crippen molar-refractivity contribution in [3.05, 3.63) is 53.8 Å². The molecule has 1 heterocycles. The molecule has 25 heavy (non-hydrogen) atoms. The topological polar surface area (TPSA) is 101 Å².